The first kappa shape index (κ1) is 14.0. The third-order valence-corrected chi connectivity index (χ3v) is 4.20. The Kier molecular flexibility index (Phi) is 3.84. The van der Waals surface area contributed by atoms with E-state index in [4.69, 9.17) is 5.11 Å². The van der Waals surface area contributed by atoms with E-state index in [-0.39, 0.29) is 17.9 Å². The van der Waals surface area contributed by atoms with Crippen LogP contribution in [0.2, 0.25) is 0 Å². The minimum Gasteiger partial charge on any atom is -0.481 e. The summed E-state index contributed by atoms with van der Waals surface area (Å²) in [7, 11) is 1.79. The van der Waals surface area contributed by atoms with Gasteiger partial charge in [0.05, 0.1) is 11.8 Å². The van der Waals surface area contributed by atoms with Gasteiger partial charge >= 0.3 is 5.97 Å². The van der Waals surface area contributed by atoms with Crippen molar-refractivity contribution in [2.75, 3.05) is 7.05 Å². The zero-order valence-electron chi connectivity index (χ0n) is 11.4. The van der Waals surface area contributed by atoms with Gasteiger partial charge in [0.1, 0.15) is 0 Å². The van der Waals surface area contributed by atoms with Gasteiger partial charge in [-0.2, -0.15) is 0 Å². The molecule has 1 aliphatic rings. The smallest absolute Gasteiger partial charge is 0.307 e. The van der Waals surface area contributed by atoms with Gasteiger partial charge in [0.2, 0.25) is 5.91 Å². The molecular weight excluding hydrogens is 218 g/mol. The van der Waals surface area contributed by atoms with Gasteiger partial charge in [0.25, 0.3) is 0 Å². The van der Waals surface area contributed by atoms with Crippen LogP contribution in [0.4, 0.5) is 0 Å². The molecule has 0 heterocycles. The molecule has 17 heavy (non-hydrogen) atoms. The SMILES string of the molecule is CCC(CC)N(C)C(=O)C1C(C(=O)O)C1(C)C. The van der Waals surface area contributed by atoms with Crippen LogP contribution in [-0.2, 0) is 9.59 Å². The molecule has 0 aromatic heterocycles. The van der Waals surface area contributed by atoms with E-state index in [2.05, 4.69) is 0 Å². The number of carboxylic acid groups (broad SMARTS) is 1. The van der Waals surface area contributed by atoms with Crippen LogP contribution in [0.5, 0.6) is 0 Å². The first-order valence-corrected chi connectivity index (χ1v) is 6.28. The zero-order chi connectivity index (χ0) is 13.4. The highest BCUT2D eigenvalue weighted by atomic mass is 16.4. The highest BCUT2D eigenvalue weighted by Crippen LogP contribution is 2.59. The van der Waals surface area contributed by atoms with Crippen LogP contribution in [0.15, 0.2) is 0 Å². The molecule has 1 rings (SSSR count). The molecule has 0 spiro atoms. The van der Waals surface area contributed by atoms with E-state index in [1.54, 1.807) is 11.9 Å². The van der Waals surface area contributed by atoms with Crippen molar-refractivity contribution in [3.8, 4) is 0 Å². The van der Waals surface area contributed by atoms with Crippen molar-refractivity contribution >= 4 is 11.9 Å². The van der Waals surface area contributed by atoms with Crippen LogP contribution < -0.4 is 0 Å². The van der Waals surface area contributed by atoms with Crippen molar-refractivity contribution in [3.63, 3.8) is 0 Å². The van der Waals surface area contributed by atoms with Gasteiger partial charge in [0, 0.05) is 13.1 Å². The number of carbonyl (C=O) groups is 2. The number of nitrogens with zero attached hydrogens (tertiary/aromatic N) is 1. The Morgan fingerprint density at radius 1 is 1.24 bits per heavy atom. The molecule has 0 aromatic carbocycles. The lowest BCUT2D eigenvalue weighted by Gasteiger charge is -2.27. The van der Waals surface area contributed by atoms with Crippen LogP contribution >= 0.6 is 0 Å². The molecular formula is C13H23NO3. The maximum atomic E-state index is 12.3. The highest BCUT2D eigenvalue weighted by Gasteiger charge is 2.66. The average Bonchev–Trinajstić information content (AvgIpc) is 2.82. The lowest BCUT2D eigenvalue weighted by atomic mass is 10.1. The molecule has 0 aromatic rings. The van der Waals surface area contributed by atoms with E-state index in [0.717, 1.165) is 12.8 Å². The third kappa shape index (κ3) is 2.31. The van der Waals surface area contributed by atoms with E-state index >= 15 is 0 Å². The molecule has 98 valence electrons. The summed E-state index contributed by atoms with van der Waals surface area (Å²) in [4.78, 5) is 25.0. The van der Waals surface area contributed by atoms with Gasteiger partial charge in [-0.25, -0.2) is 0 Å². The molecule has 0 radical (unpaired) electrons. The molecule has 1 saturated carbocycles. The number of carbonyl (C=O) groups excluding carboxylic acids is 1. The maximum absolute atomic E-state index is 12.3. The van der Waals surface area contributed by atoms with E-state index in [9.17, 15) is 9.59 Å². The monoisotopic (exact) mass is 241 g/mol. The van der Waals surface area contributed by atoms with Crippen LogP contribution in [0.1, 0.15) is 40.5 Å². The second-order valence-corrected chi connectivity index (χ2v) is 5.53. The Balaban J connectivity index is 2.76. The lowest BCUT2D eigenvalue weighted by molar-refractivity contribution is -0.142. The second-order valence-electron chi connectivity index (χ2n) is 5.53. The number of hydrogen-bond donors (Lipinski definition) is 1. The molecule has 1 N–H and O–H groups in total. The van der Waals surface area contributed by atoms with Gasteiger partial charge in [-0.3, -0.25) is 9.59 Å². The summed E-state index contributed by atoms with van der Waals surface area (Å²) in [5.41, 5.74) is -0.400. The number of hydrogen-bond acceptors (Lipinski definition) is 2. The molecule has 2 unspecified atom stereocenters. The maximum Gasteiger partial charge on any atom is 0.307 e. The summed E-state index contributed by atoms with van der Waals surface area (Å²) >= 11 is 0. The van der Waals surface area contributed by atoms with Crippen LogP contribution in [0.3, 0.4) is 0 Å². The Bertz CT molecular complexity index is 321. The van der Waals surface area contributed by atoms with Gasteiger partial charge < -0.3 is 10.0 Å². The van der Waals surface area contributed by atoms with Crippen molar-refractivity contribution in [1.29, 1.82) is 0 Å². The molecule has 4 nitrogen and oxygen atoms in total. The predicted octanol–water partition coefficient (Wildman–Crippen LogP) is 1.99. The van der Waals surface area contributed by atoms with Crippen molar-refractivity contribution in [3.05, 3.63) is 0 Å². The van der Waals surface area contributed by atoms with Gasteiger partial charge in [0.15, 0.2) is 0 Å². The van der Waals surface area contributed by atoms with Gasteiger partial charge in [-0.1, -0.05) is 27.7 Å². The molecule has 1 aliphatic carbocycles. The minimum absolute atomic E-state index is 0.0175. The molecule has 0 bridgehead atoms. The Morgan fingerprint density at radius 3 is 2.00 bits per heavy atom. The van der Waals surface area contributed by atoms with Crippen LogP contribution in [0.25, 0.3) is 0 Å². The third-order valence-electron chi connectivity index (χ3n) is 4.20. The number of amides is 1. The lowest BCUT2D eigenvalue weighted by Crippen LogP contribution is -2.38. The topological polar surface area (TPSA) is 57.6 Å². The minimum atomic E-state index is -0.855. The summed E-state index contributed by atoms with van der Waals surface area (Å²) in [5, 5.41) is 9.07. The van der Waals surface area contributed by atoms with Crippen molar-refractivity contribution in [2.45, 2.75) is 46.6 Å². The van der Waals surface area contributed by atoms with E-state index in [1.807, 2.05) is 27.7 Å². The first-order chi connectivity index (χ1) is 7.78. The zero-order valence-corrected chi connectivity index (χ0v) is 11.4. The summed E-state index contributed by atoms with van der Waals surface area (Å²) in [5.74, 6) is -1.75. The van der Waals surface area contributed by atoms with Gasteiger partial charge in [-0.05, 0) is 18.3 Å². The molecule has 1 fully saturated rings. The number of rotatable bonds is 5. The largest absolute Gasteiger partial charge is 0.481 e. The van der Waals surface area contributed by atoms with Crippen LogP contribution in [-0.4, -0.2) is 35.0 Å². The van der Waals surface area contributed by atoms with E-state index in [1.165, 1.54) is 0 Å². The molecule has 0 saturated heterocycles. The van der Waals surface area contributed by atoms with Crippen molar-refractivity contribution in [1.82, 2.24) is 4.90 Å². The average molecular weight is 241 g/mol. The fourth-order valence-electron chi connectivity index (χ4n) is 2.80. The molecule has 4 heteroatoms. The summed E-state index contributed by atoms with van der Waals surface area (Å²) in [6.45, 7) is 7.81. The predicted molar refractivity (Wildman–Crippen MR) is 65.5 cm³/mol. The summed E-state index contributed by atoms with van der Waals surface area (Å²) in [6.07, 6.45) is 1.81. The van der Waals surface area contributed by atoms with E-state index < -0.39 is 17.3 Å². The van der Waals surface area contributed by atoms with E-state index in [0.29, 0.717) is 0 Å². The summed E-state index contributed by atoms with van der Waals surface area (Å²) < 4.78 is 0. The molecule has 1 amide bonds. The van der Waals surface area contributed by atoms with Gasteiger partial charge in [-0.15, -0.1) is 0 Å². The normalized spacial score (nSPS) is 25.8. The Morgan fingerprint density at radius 2 is 1.71 bits per heavy atom. The summed E-state index contributed by atoms with van der Waals surface area (Å²) in [6, 6.07) is 0.216. The Labute approximate surface area is 103 Å². The highest BCUT2D eigenvalue weighted by molar-refractivity contribution is 5.91. The fraction of sp³-hybridized carbons (Fsp3) is 0.846. The van der Waals surface area contributed by atoms with Crippen molar-refractivity contribution < 1.29 is 14.7 Å². The molecule has 0 aliphatic heterocycles. The van der Waals surface area contributed by atoms with Crippen LogP contribution in [0, 0.1) is 17.3 Å². The standard InChI is InChI=1S/C13H23NO3/c1-6-8(7-2)14(5)11(15)9-10(12(16)17)13(9,3)4/h8-10H,6-7H2,1-5H3,(H,16,17). The molecule has 2 atom stereocenters. The number of aliphatic carboxylic acids is 1. The quantitative estimate of drug-likeness (QED) is 0.800. The Hall–Kier alpha value is -1.06. The number of carboxylic acids is 1. The first-order valence-electron chi connectivity index (χ1n) is 6.28. The van der Waals surface area contributed by atoms with Crippen molar-refractivity contribution in [2.24, 2.45) is 17.3 Å². The fourth-order valence-corrected chi connectivity index (χ4v) is 2.80. The second kappa shape index (κ2) is 4.67.